The van der Waals surface area contributed by atoms with Crippen LogP contribution in [0.15, 0.2) is 296 Å². The highest BCUT2D eigenvalue weighted by Gasteiger charge is 2.53. The number of aryl methyl sites for hydroxylation is 4. The molecule has 3 heteroatoms. The normalized spacial score (nSPS) is 12.5. The Morgan fingerprint density at radius 2 is 0.756 bits per heavy atom. The van der Waals surface area contributed by atoms with Gasteiger partial charge < -0.3 is 14.2 Å². The molecule has 0 unspecified atom stereocenters. The Labute approximate surface area is 503 Å². The van der Waals surface area contributed by atoms with E-state index in [2.05, 4.69) is 329 Å². The Bertz CT molecular complexity index is 4930. The first-order chi connectivity index (χ1) is 42.3. The zero-order valence-corrected chi connectivity index (χ0v) is 48.5. The average molecular weight is 1100 g/mol. The molecular weight excluding hydrogens is 1040 g/mol. The Morgan fingerprint density at radius 3 is 1.31 bits per heavy atom. The monoisotopic (exact) mass is 1100 g/mol. The van der Waals surface area contributed by atoms with Crippen molar-refractivity contribution in [3.63, 3.8) is 0 Å². The van der Waals surface area contributed by atoms with Crippen LogP contribution in [0.25, 0.3) is 88.7 Å². The summed E-state index contributed by atoms with van der Waals surface area (Å²) in [6, 6.07) is 108. The predicted molar refractivity (Wildman–Crippen MR) is 360 cm³/mol. The number of rotatable bonds is 10. The van der Waals surface area contributed by atoms with E-state index in [1.807, 2.05) is 0 Å². The van der Waals surface area contributed by atoms with Crippen molar-refractivity contribution in [2.24, 2.45) is 0 Å². The number of benzene rings is 13. The molecule has 16 rings (SSSR count). The highest BCUT2D eigenvalue weighted by Crippen LogP contribution is 2.66. The molecule has 408 valence electrons. The number of hydrogen-bond acceptors (Lipinski definition) is 3. The number of hydrogen-bond donors (Lipinski definition) is 0. The van der Waals surface area contributed by atoms with Crippen molar-refractivity contribution in [1.29, 1.82) is 0 Å². The summed E-state index contributed by atoms with van der Waals surface area (Å²) in [5.74, 6) is 0. The average Bonchev–Trinajstić information content (AvgIpc) is 1.50. The smallest absolute Gasteiger partial charge is 0.145 e. The van der Waals surface area contributed by atoms with Gasteiger partial charge in [-0.15, -0.1) is 0 Å². The van der Waals surface area contributed by atoms with Gasteiger partial charge in [-0.05, 0) is 184 Å². The van der Waals surface area contributed by atoms with Crippen LogP contribution in [0.2, 0.25) is 0 Å². The van der Waals surface area contributed by atoms with Crippen LogP contribution in [-0.2, 0) is 5.41 Å². The minimum absolute atomic E-state index is 0.776. The van der Waals surface area contributed by atoms with Gasteiger partial charge in [0.15, 0.2) is 0 Å². The van der Waals surface area contributed by atoms with E-state index in [1.165, 1.54) is 77.9 Å². The van der Waals surface area contributed by atoms with E-state index in [9.17, 15) is 0 Å². The molecule has 0 atom stereocenters. The number of anilines is 6. The molecule has 1 spiro atoms. The van der Waals surface area contributed by atoms with Crippen molar-refractivity contribution in [3.05, 3.63) is 336 Å². The molecule has 1 heterocycles. The third-order valence-electron chi connectivity index (χ3n) is 18.3. The van der Waals surface area contributed by atoms with E-state index in [1.54, 1.807) is 0 Å². The molecule has 0 amide bonds. The second-order valence-electron chi connectivity index (χ2n) is 23.4. The summed E-state index contributed by atoms with van der Waals surface area (Å²) >= 11 is 0. The van der Waals surface area contributed by atoms with Gasteiger partial charge in [-0.25, -0.2) is 0 Å². The lowest BCUT2D eigenvalue weighted by atomic mass is 9.70. The number of furan rings is 1. The Kier molecular flexibility index (Phi) is 12.0. The minimum Gasteiger partial charge on any atom is -0.455 e. The van der Waals surface area contributed by atoms with E-state index in [4.69, 9.17) is 4.42 Å². The van der Waals surface area contributed by atoms with Crippen molar-refractivity contribution in [1.82, 2.24) is 0 Å². The van der Waals surface area contributed by atoms with Gasteiger partial charge >= 0.3 is 0 Å². The molecule has 0 aliphatic heterocycles. The lowest BCUT2D eigenvalue weighted by Crippen LogP contribution is -2.26. The predicted octanol–water partition coefficient (Wildman–Crippen LogP) is 22.8. The van der Waals surface area contributed by atoms with E-state index in [0.29, 0.717) is 0 Å². The first kappa shape index (κ1) is 50.9. The summed E-state index contributed by atoms with van der Waals surface area (Å²) in [5.41, 5.74) is 31.2. The highest BCUT2D eigenvalue weighted by atomic mass is 16.3. The summed E-state index contributed by atoms with van der Waals surface area (Å²) in [5, 5.41) is 2.13. The lowest BCUT2D eigenvalue weighted by molar-refractivity contribution is 0.669. The number of fused-ring (bicyclic) bond motifs is 14. The summed E-state index contributed by atoms with van der Waals surface area (Å²) in [7, 11) is 0. The molecule has 0 fully saturated rings. The number of nitrogens with zero attached hydrogens (tertiary/aromatic N) is 2. The van der Waals surface area contributed by atoms with Gasteiger partial charge in [0, 0.05) is 39.1 Å². The van der Waals surface area contributed by atoms with Gasteiger partial charge in [-0.3, -0.25) is 0 Å². The molecule has 1 aromatic heterocycles. The highest BCUT2D eigenvalue weighted by molar-refractivity contribution is 6.20. The summed E-state index contributed by atoms with van der Waals surface area (Å²) in [6.07, 6.45) is 0. The van der Waals surface area contributed by atoms with Crippen LogP contribution in [0, 0.1) is 27.7 Å². The molecule has 0 radical (unpaired) electrons. The second-order valence-corrected chi connectivity index (χ2v) is 23.4. The zero-order valence-electron chi connectivity index (χ0n) is 48.5. The van der Waals surface area contributed by atoms with Crippen LogP contribution in [-0.4, -0.2) is 0 Å². The Balaban J connectivity index is 1.01. The van der Waals surface area contributed by atoms with Crippen molar-refractivity contribution in [2.75, 3.05) is 9.80 Å². The second kappa shape index (κ2) is 20.3. The van der Waals surface area contributed by atoms with E-state index in [0.717, 1.165) is 89.4 Å². The molecule has 14 aromatic rings. The third-order valence-corrected chi connectivity index (χ3v) is 18.3. The van der Waals surface area contributed by atoms with Gasteiger partial charge in [-0.2, -0.15) is 0 Å². The van der Waals surface area contributed by atoms with Crippen LogP contribution in [0.5, 0.6) is 0 Å². The lowest BCUT2D eigenvalue weighted by Gasteiger charge is -2.34. The summed E-state index contributed by atoms with van der Waals surface area (Å²) in [4.78, 5) is 5.01. The first-order valence-corrected chi connectivity index (χ1v) is 29.9. The van der Waals surface area contributed by atoms with Crippen molar-refractivity contribution in [2.45, 2.75) is 33.1 Å². The summed E-state index contributed by atoms with van der Waals surface area (Å²) < 4.78 is 7.53. The van der Waals surface area contributed by atoms with Crippen molar-refractivity contribution in [3.8, 4) is 66.8 Å². The van der Waals surface area contributed by atoms with Crippen molar-refractivity contribution < 1.29 is 4.42 Å². The molecule has 2 aliphatic rings. The summed E-state index contributed by atoms with van der Waals surface area (Å²) in [6.45, 7) is 8.75. The number of para-hydroxylation sites is 1. The molecule has 3 nitrogen and oxygen atoms in total. The molecule has 86 heavy (non-hydrogen) atoms. The molecule has 0 saturated heterocycles. The van der Waals surface area contributed by atoms with Gasteiger partial charge in [0.25, 0.3) is 0 Å². The molecule has 0 saturated carbocycles. The van der Waals surface area contributed by atoms with E-state index < -0.39 is 5.41 Å². The molecule has 0 bridgehead atoms. The molecular formula is C83H60N2O. The third kappa shape index (κ3) is 7.96. The standard InChI is InChI=1S/C83H60N2O/c1-53-35-41-61(42-36-53)84(76-47-39-59(64-27-13-11-21-55(64)3)49-70(76)57-23-7-5-8-24-57)63-45-46-68-74(51-63)83(72-32-18-15-29-66(72)67-30-16-19-33-73(67)83)75-52-78(81-69-31-17-20-34-79(69)86-82(81)80(68)75)85(62-43-37-54(2)38-44-62)77-48-40-60(65-28-14-12-22-56(65)4)50-71(77)58-25-9-6-10-26-58/h5-52H,1-4H3. The van der Waals surface area contributed by atoms with E-state index >= 15 is 0 Å². The maximum absolute atomic E-state index is 7.53. The molecule has 2 aliphatic carbocycles. The molecule has 13 aromatic carbocycles. The van der Waals surface area contributed by atoms with E-state index in [-0.39, 0.29) is 0 Å². The first-order valence-electron chi connectivity index (χ1n) is 29.9. The van der Waals surface area contributed by atoms with Crippen LogP contribution >= 0.6 is 0 Å². The SMILES string of the molecule is Cc1ccc(N(c2ccc3c(c2)C2(c4ccccc4-c4ccccc42)c2cc(N(c4ccc(C)cc4)c4ccc(-c5ccccc5C)cc4-c4ccccc4)c4c(oc5ccccc54)c2-3)c2ccc(-c3ccccc3C)cc2-c2ccccc2)cc1. The van der Waals surface area contributed by atoms with Crippen molar-refractivity contribution >= 4 is 56.1 Å². The maximum atomic E-state index is 7.53. The van der Waals surface area contributed by atoms with Crippen LogP contribution in [0.3, 0.4) is 0 Å². The fraction of sp³-hybridized carbons (Fsp3) is 0.0602. The Morgan fingerprint density at radius 1 is 0.291 bits per heavy atom. The fourth-order valence-electron chi connectivity index (χ4n) is 14.3. The maximum Gasteiger partial charge on any atom is 0.145 e. The van der Waals surface area contributed by atoms with Gasteiger partial charge in [-0.1, -0.05) is 230 Å². The zero-order chi connectivity index (χ0) is 57.6. The quantitative estimate of drug-likeness (QED) is 0.136. The fourth-order valence-corrected chi connectivity index (χ4v) is 14.3. The van der Waals surface area contributed by atoms with Gasteiger partial charge in [0.2, 0.25) is 0 Å². The van der Waals surface area contributed by atoms with Gasteiger partial charge in [0.05, 0.1) is 27.9 Å². The molecule has 0 N–H and O–H groups in total. The van der Waals surface area contributed by atoms with Gasteiger partial charge in [0.1, 0.15) is 11.2 Å². The van der Waals surface area contributed by atoms with Crippen LogP contribution < -0.4 is 9.80 Å². The van der Waals surface area contributed by atoms with Crippen LogP contribution in [0.4, 0.5) is 34.1 Å². The Hall–Kier alpha value is -10.7. The largest absolute Gasteiger partial charge is 0.455 e. The topological polar surface area (TPSA) is 19.6 Å². The minimum atomic E-state index is -0.776. The van der Waals surface area contributed by atoms with Crippen LogP contribution in [0.1, 0.15) is 44.5 Å².